The summed E-state index contributed by atoms with van der Waals surface area (Å²) in [6, 6.07) is -1.54. The summed E-state index contributed by atoms with van der Waals surface area (Å²) in [5.74, 6) is -3.25. The highest BCUT2D eigenvalue weighted by Gasteiger charge is 2.33. The molecule has 0 bridgehead atoms. The van der Waals surface area contributed by atoms with E-state index in [4.69, 9.17) is 10.8 Å². The number of hydrogen-bond acceptors (Lipinski definition) is 6. The van der Waals surface area contributed by atoms with Crippen LogP contribution >= 0.6 is 0 Å². The molecule has 1 amide bonds. The van der Waals surface area contributed by atoms with Crippen LogP contribution in [-0.2, 0) is 29.1 Å². The van der Waals surface area contributed by atoms with E-state index in [1.807, 2.05) is 4.72 Å². The molecule has 0 aromatic heterocycles. The van der Waals surface area contributed by atoms with Gasteiger partial charge in [0.15, 0.2) is 5.25 Å². The second-order valence-corrected chi connectivity index (χ2v) is 5.76. The molecule has 0 aromatic carbocycles. The predicted molar refractivity (Wildman–Crippen MR) is 63.4 cm³/mol. The van der Waals surface area contributed by atoms with E-state index in [1.165, 1.54) is 0 Å². The van der Waals surface area contributed by atoms with Gasteiger partial charge in [-0.1, -0.05) is 0 Å². The zero-order valence-electron chi connectivity index (χ0n) is 10.5. The maximum atomic E-state index is 11.7. The Morgan fingerprint density at radius 2 is 1.89 bits per heavy atom. The molecule has 0 saturated carbocycles. The fourth-order valence-corrected chi connectivity index (χ4v) is 2.28. The molecule has 2 atom stereocenters. The number of methoxy groups -OCH3 is 1. The molecule has 0 spiro atoms. The van der Waals surface area contributed by atoms with E-state index in [1.54, 1.807) is 0 Å². The molecule has 1 unspecified atom stereocenters. The molecule has 110 valence electrons. The lowest BCUT2D eigenvalue weighted by Gasteiger charge is -2.17. The minimum absolute atomic E-state index is 0.300. The number of aliphatic carboxylic acids is 1. The summed E-state index contributed by atoms with van der Waals surface area (Å²) in [6.45, 7) is 1.06. The summed E-state index contributed by atoms with van der Waals surface area (Å²) in [5, 5.41) is 7.27. The van der Waals surface area contributed by atoms with Crippen LogP contribution in [-0.4, -0.2) is 49.8 Å². The Bertz CT molecular complexity index is 459. The zero-order valence-corrected chi connectivity index (χ0v) is 11.3. The van der Waals surface area contributed by atoms with Gasteiger partial charge < -0.3 is 15.6 Å². The zero-order chi connectivity index (χ0) is 15.2. The number of esters is 1. The van der Waals surface area contributed by atoms with Gasteiger partial charge in [0.05, 0.1) is 7.11 Å². The number of nitrogens with two attached hydrogens (primary N) is 1. The number of sulfonamides is 1. The highest BCUT2D eigenvalue weighted by molar-refractivity contribution is 7.90. The lowest BCUT2D eigenvalue weighted by atomic mass is 10.2. The molecule has 0 aliphatic rings. The lowest BCUT2D eigenvalue weighted by molar-refractivity contribution is -0.141. The van der Waals surface area contributed by atoms with Gasteiger partial charge in [-0.05, 0) is 13.3 Å². The van der Waals surface area contributed by atoms with Crippen LogP contribution in [0.5, 0.6) is 0 Å². The van der Waals surface area contributed by atoms with E-state index in [0.29, 0.717) is 0 Å². The standard InChI is InChI=1S/C9H16N2O7S/c1-5(9(15)18-2)19(16,17)11-6(8(13)14)3-4-7(10)12/h5-6,11H,3-4H2,1-2H3,(H2,10,12)(H,13,14)/t5?,6-/m0/s1. The van der Waals surface area contributed by atoms with Crippen LogP contribution in [0.25, 0.3) is 0 Å². The fraction of sp³-hybridized carbons (Fsp3) is 0.667. The molecule has 9 nitrogen and oxygen atoms in total. The van der Waals surface area contributed by atoms with Crippen molar-refractivity contribution in [1.82, 2.24) is 4.72 Å². The summed E-state index contributed by atoms with van der Waals surface area (Å²) < 4.78 is 29.5. The Kier molecular flexibility index (Phi) is 6.42. The fourth-order valence-electron chi connectivity index (χ4n) is 1.11. The van der Waals surface area contributed by atoms with Gasteiger partial charge >= 0.3 is 11.9 Å². The second-order valence-electron chi connectivity index (χ2n) is 3.72. The van der Waals surface area contributed by atoms with Crippen molar-refractivity contribution in [2.24, 2.45) is 5.73 Å². The van der Waals surface area contributed by atoms with Crippen molar-refractivity contribution in [3.05, 3.63) is 0 Å². The van der Waals surface area contributed by atoms with Crippen molar-refractivity contribution in [1.29, 1.82) is 0 Å². The topological polar surface area (TPSA) is 153 Å². The number of carboxylic acids is 1. The van der Waals surface area contributed by atoms with Crippen LogP contribution in [0.2, 0.25) is 0 Å². The van der Waals surface area contributed by atoms with Crippen LogP contribution in [0, 0.1) is 0 Å². The van der Waals surface area contributed by atoms with E-state index < -0.39 is 39.2 Å². The van der Waals surface area contributed by atoms with Gasteiger partial charge in [0, 0.05) is 6.42 Å². The van der Waals surface area contributed by atoms with E-state index in [-0.39, 0.29) is 12.8 Å². The third-order valence-corrected chi connectivity index (χ3v) is 4.02. The second kappa shape index (κ2) is 7.04. The number of nitrogens with one attached hydrogen (secondary N) is 1. The molecule has 0 aliphatic heterocycles. The number of rotatable bonds is 8. The van der Waals surface area contributed by atoms with Crippen LogP contribution in [0.3, 0.4) is 0 Å². The molecule has 4 N–H and O–H groups in total. The van der Waals surface area contributed by atoms with Crippen molar-refractivity contribution in [2.75, 3.05) is 7.11 Å². The minimum Gasteiger partial charge on any atom is -0.480 e. The molecule has 10 heteroatoms. The summed E-state index contributed by atoms with van der Waals surface area (Å²) in [5.41, 5.74) is 4.85. The first-order valence-corrected chi connectivity index (χ1v) is 6.76. The maximum Gasteiger partial charge on any atom is 0.325 e. The number of ether oxygens (including phenoxy) is 1. The molecular weight excluding hydrogens is 280 g/mol. The molecule has 0 rings (SSSR count). The molecule has 0 saturated heterocycles. The average molecular weight is 296 g/mol. The SMILES string of the molecule is COC(=O)C(C)S(=O)(=O)N[C@@H](CCC(N)=O)C(=O)O. The number of carbonyl (C=O) groups excluding carboxylic acids is 2. The third kappa shape index (κ3) is 5.66. The quantitative estimate of drug-likeness (QED) is 0.446. The Hall–Kier alpha value is -1.68. The minimum atomic E-state index is -4.22. The number of amides is 1. The molecule has 0 heterocycles. The van der Waals surface area contributed by atoms with Crippen LogP contribution < -0.4 is 10.5 Å². The van der Waals surface area contributed by atoms with Crippen molar-refractivity contribution in [2.45, 2.75) is 31.1 Å². The van der Waals surface area contributed by atoms with Crippen molar-refractivity contribution in [3.8, 4) is 0 Å². The Balaban J connectivity index is 4.88. The van der Waals surface area contributed by atoms with Crippen molar-refractivity contribution >= 4 is 27.9 Å². The average Bonchev–Trinajstić information content (AvgIpc) is 2.31. The summed E-state index contributed by atoms with van der Waals surface area (Å²) in [7, 11) is -3.21. The lowest BCUT2D eigenvalue weighted by Crippen LogP contribution is -2.47. The highest BCUT2D eigenvalue weighted by Crippen LogP contribution is 2.06. The third-order valence-electron chi connectivity index (χ3n) is 2.28. The van der Waals surface area contributed by atoms with Gasteiger partial charge in [-0.25, -0.2) is 13.1 Å². The first-order valence-electron chi connectivity index (χ1n) is 5.22. The van der Waals surface area contributed by atoms with E-state index in [9.17, 15) is 22.8 Å². The van der Waals surface area contributed by atoms with Gasteiger partial charge in [-0.3, -0.25) is 14.4 Å². The molecule has 19 heavy (non-hydrogen) atoms. The van der Waals surface area contributed by atoms with Gasteiger partial charge in [0.2, 0.25) is 15.9 Å². The van der Waals surface area contributed by atoms with Crippen molar-refractivity contribution in [3.63, 3.8) is 0 Å². The molecule has 0 aliphatic carbocycles. The van der Waals surface area contributed by atoms with Crippen molar-refractivity contribution < 1.29 is 32.6 Å². The predicted octanol–water partition coefficient (Wildman–Crippen LogP) is -1.81. The van der Waals surface area contributed by atoms with E-state index in [0.717, 1.165) is 14.0 Å². The highest BCUT2D eigenvalue weighted by atomic mass is 32.2. The molecule has 0 aromatic rings. The molecular formula is C9H16N2O7S. The van der Waals surface area contributed by atoms with Crippen LogP contribution in [0.15, 0.2) is 0 Å². The van der Waals surface area contributed by atoms with Crippen LogP contribution in [0.1, 0.15) is 19.8 Å². The maximum absolute atomic E-state index is 11.7. The summed E-state index contributed by atoms with van der Waals surface area (Å²) >= 11 is 0. The van der Waals surface area contributed by atoms with E-state index in [2.05, 4.69) is 4.74 Å². The first-order chi connectivity index (χ1) is 8.61. The Labute approximate surface area is 110 Å². The van der Waals surface area contributed by atoms with Gasteiger partial charge in [0.1, 0.15) is 6.04 Å². The normalized spacial score (nSPS) is 14.4. The number of primary amides is 1. The van der Waals surface area contributed by atoms with Gasteiger partial charge in [-0.2, -0.15) is 0 Å². The summed E-state index contributed by atoms with van der Waals surface area (Å²) in [6.07, 6.45) is -0.607. The largest absolute Gasteiger partial charge is 0.480 e. The summed E-state index contributed by atoms with van der Waals surface area (Å²) in [4.78, 5) is 32.5. The number of hydrogen-bond donors (Lipinski definition) is 3. The number of carboxylic acid groups (broad SMARTS) is 1. The smallest absolute Gasteiger partial charge is 0.325 e. The number of carbonyl (C=O) groups is 3. The Morgan fingerprint density at radius 3 is 2.26 bits per heavy atom. The molecule has 0 radical (unpaired) electrons. The Morgan fingerprint density at radius 1 is 1.37 bits per heavy atom. The van der Waals surface area contributed by atoms with E-state index >= 15 is 0 Å². The van der Waals surface area contributed by atoms with Crippen LogP contribution in [0.4, 0.5) is 0 Å². The molecule has 0 fully saturated rings. The monoisotopic (exact) mass is 296 g/mol. The van der Waals surface area contributed by atoms with Gasteiger partial charge in [-0.15, -0.1) is 0 Å². The first kappa shape index (κ1) is 17.3. The van der Waals surface area contributed by atoms with Gasteiger partial charge in [0.25, 0.3) is 0 Å².